The van der Waals surface area contributed by atoms with Crippen molar-refractivity contribution < 1.29 is 31.1 Å². The third-order valence-electron chi connectivity index (χ3n) is 5.38. The Kier molecular flexibility index (Phi) is 5.88. The first-order valence-electron chi connectivity index (χ1n) is 10.2. The highest BCUT2D eigenvalue weighted by Gasteiger charge is 2.39. The van der Waals surface area contributed by atoms with E-state index in [1.54, 1.807) is 17.1 Å². The van der Waals surface area contributed by atoms with E-state index in [1.165, 1.54) is 4.90 Å². The summed E-state index contributed by atoms with van der Waals surface area (Å²) in [5.41, 5.74) is 2.10. The number of rotatable bonds is 5. The van der Waals surface area contributed by atoms with Gasteiger partial charge in [-0.25, -0.2) is 18.1 Å². The summed E-state index contributed by atoms with van der Waals surface area (Å²) in [7, 11) is -3.71. The van der Waals surface area contributed by atoms with E-state index >= 15 is 0 Å². The molecule has 1 aliphatic heterocycles. The average molecular weight is 494 g/mol. The van der Waals surface area contributed by atoms with E-state index in [9.17, 15) is 26.4 Å². The van der Waals surface area contributed by atoms with Crippen molar-refractivity contribution in [3.63, 3.8) is 0 Å². The molecule has 1 atom stereocenters. The molecule has 0 N–H and O–H groups in total. The molecule has 0 fully saturated rings. The Morgan fingerprint density at radius 3 is 2.53 bits per heavy atom. The van der Waals surface area contributed by atoms with Crippen LogP contribution in [-0.4, -0.2) is 52.5 Å². The van der Waals surface area contributed by atoms with Crippen molar-refractivity contribution >= 4 is 15.7 Å². The van der Waals surface area contributed by atoms with E-state index < -0.39 is 28.0 Å². The third-order valence-corrected chi connectivity index (χ3v) is 6.49. The van der Waals surface area contributed by atoms with Crippen LogP contribution >= 0.6 is 0 Å². The molecule has 3 aromatic rings. The van der Waals surface area contributed by atoms with Gasteiger partial charge in [0.1, 0.15) is 5.75 Å². The molecule has 1 aromatic carbocycles. The summed E-state index contributed by atoms with van der Waals surface area (Å²) in [5, 5.41) is 4.47. The lowest BCUT2D eigenvalue weighted by atomic mass is 10.1. The molecule has 3 heterocycles. The number of aryl methyl sites for hydroxylation is 1. The number of carbonyl (C=O) groups is 1. The maximum Gasteiger partial charge on any atom is 0.425 e. The normalized spacial score (nSPS) is 14.7. The molecule has 2 aromatic heterocycles. The third kappa shape index (κ3) is 4.76. The molecule has 0 unspecified atom stereocenters. The Morgan fingerprint density at radius 2 is 1.91 bits per heavy atom. The monoisotopic (exact) mass is 494 g/mol. The van der Waals surface area contributed by atoms with Gasteiger partial charge in [-0.1, -0.05) is 0 Å². The smallest absolute Gasteiger partial charge is 0.425 e. The number of fused-ring (bicyclic) bond motifs is 1. The fourth-order valence-electron chi connectivity index (χ4n) is 3.50. The Morgan fingerprint density at radius 1 is 1.18 bits per heavy atom. The number of hydrogen-bond acceptors (Lipinski definition) is 6. The minimum absolute atomic E-state index is 0.102. The van der Waals surface area contributed by atoms with Gasteiger partial charge in [-0.15, -0.1) is 0 Å². The Bertz CT molecular complexity index is 1350. The van der Waals surface area contributed by atoms with E-state index in [1.807, 2.05) is 19.1 Å². The number of halogens is 3. The maximum absolute atomic E-state index is 13.3. The first-order chi connectivity index (χ1) is 15.8. The van der Waals surface area contributed by atoms with E-state index in [4.69, 9.17) is 4.74 Å². The Hall–Kier alpha value is -3.41. The summed E-state index contributed by atoms with van der Waals surface area (Å²) in [4.78, 5) is 18.7. The van der Waals surface area contributed by atoms with Crippen LogP contribution in [0.4, 0.5) is 13.2 Å². The zero-order chi connectivity index (χ0) is 24.8. The molecule has 8 nitrogen and oxygen atoms in total. The molecule has 0 bridgehead atoms. The van der Waals surface area contributed by atoms with Crippen molar-refractivity contribution in [2.45, 2.75) is 44.1 Å². The van der Waals surface area contributed by atoms with Gasteiger partial charge in [0.15, 0.2) is 21.8 Å². The maximum atomic E-state index is 13.3. The molecule has 0 saturated carbocycles. The van der Waals surface area contributed by atoms with Crippen LogP contribution in [-0.2, 0) is 22.9 Å². The molecule has 0 spiro atoms. The number of hydrogen-bond donors (Lipinski definition) is 0. The van der Waals surface area contributed by atoms with Crippen LogP contribution in [0.5, 0.6) is 5.75 Å². The predicted octanol–water partition coefficient (Wildman–Crippen LogP) is 3.46. The highest BCUT2D eigenvalue weighted by Crippen LogP contribution is 2.32. The van der Waals surface area contributed by atoms with E-state index in [0.29, 0.717) is 11.5 Å². The fourth-order valence-corrected chi connectivity index (χ4v) is 4.14. The van der Waals surface area contributed by atoms with Crippen LogP contribution in [0.2, 0.25) is 0 Å². The van der Waals surface area contributed by atoms with Gasteiger partial charge < -0.3 is 9.64 Å². The zero-order valence-corrected chi connectivity index (χ0v) is 19.3. The first-order valence-corrected chi connectivity index (χ1v) is 12.1. The molecule has 1 aliphatic rings. The number of amides is 1. The van der Waals surface area contributed by atoms with Crippen LogP contribution < -0.4 is 4.74 Å². The van der Waals surface area contributed by atoms with Crippen LogP contribution in [0.1, 0.15) is 34.1 Å². The van der Waals surface area contributed by atoms with Gasteiger partial charge in [0, 0.05) is 30.8 Å². The molecular weight excluding hydrogens is 473 g/mol. The lowest BCUT2D eigenvalue weighted by Gasteiger charge is -2.22. The molecule has 12 heteroatoms. The zero-order valence-electron chi connectivity index (χ0n) is 18.5. The standard InChI is InChI=1S/C22H21F3N4O4S/c1-13-6-7-26-20(8-13)29-11-15-10-28(12-18(15)27-29)21(30)17-9-16(34(3,31)32)4-5-19(17)33-14(2)22(23,24)25/h4-9,11,14H,10,12H2,1-3H3/t14-/m0/s1. The highest BCUT2D eigenvalue weighted by molar-refractivity contribution is 7.90. The molecule has 0 aliphatic carbocycles. The summed E-state index contributed by atoms with van der Waals surface area (Å²) in [6.07, 6.45) is -2.51. The number of sulfone groups is 1. The lowest BCUT2D eigenvalue weighted by Crippen LogP contribution is -2.33. The molecular formula is C22H21F3N4O4S. The topological polar surface area (TPSA) is 94.4 Å². The van der Waals surface area contributed by atoms with Crippen molar-refractivity contribution in [2.75, 3.05) is 6.26 Å². The van der Waals surface area contributed by atoms with Crippen molar-refractivity contribution in [3.8, 4) is 11.6 Å². The number of nitrogens with zero attached hydrogens (tertiary/aromatic N) is 4. The van der Waals surface area contributed by atoms with Crippen LogP contribution in [0.3, 0.4) is 0 Å². The molecule has 0 saturated heterocycles. The van der Waals surface area contributed by atoms with Gasteiger partial charge >= 0.3 is 6.18 Å². The van der Waals surface area contributed by atoms with Crippen LogP contribution in [0.15, 0.2) is 47.6 Å². The van der Waals surface area contributed by atoms with Crippen molar-refractivity contribution in [2.24, 2.45) is 0 Å². The predicted molar refractivity (Wildman–Crippen MR) is 115 cm³/mol. The van der Waals surface area contributed by atoms with Gasteiger partial charge in [0.2, 0.25) is 0 Å². The molecule has 34 heavy (non-hydrogen) atoms. The van der Waals surface area contributed by atoms with Gasteiger partial charge in [0.05, 0.1) is 22.7 Å². The largest absolute Gasteiger partial charge is 0.480 e. The molecule has 0 radical (unpaired) electrons. The number of carbonyl (C=O) groups excluding carboxylic acids is 1. The second kappa shape index (κ2) is 8.42. The average Bonchev–Trinajstić information content (AvgIpc) is 3.31. The molecule has 4 rings (SSSR count). The number of ether oxygens (including phenoxy) is 1. The summed E-state index contributed by atoms with van der Waals surface area (Å²) in [6, 6.07) is 6.94. The summed E-state index contributed by atoms with van der Waals surface area (Å²) in [6.45, 7) is 2.99. The lowest BCUT2D eigenvalue weighted by molar-refractivity contribution is -0.189. The van der Waals surface area contributed by atoms with Gasteiger partial charge in [-0.3, -0.25) is 4.79 Å². The van der Waals surface area contributed by atoms with Gasteiger partial charge in [0.25, 0.3) is 5.91 Å². The van der Waals surface area contributed by atoms with E-state index in [2.05, 4.69) is 10.1 Å². The molecule has 1 amide bonds. The quantitative estimate of drug-likeness (QED) is 0.539. The minimum Gasteiger partial charge on any atom is -0.480 e. The molecule has 180 valence electrons. The SMILES string of the molecule is Cc1ccnc(-n2cc3c(n2)CN(C(=O)c2cc(S(C)(=O)=O)ccc2O[C@@H](C)C(F)(F)F)C3)c1. The van der Waals surface area contributed by atoms with Crippen LogP contribution in [0.25, 0.3) is 5.82 Å². The second-order valence-electron chi connectivity index (χ2n) is 8.13. The first kappa shape index (κ1) is 23.7. The summed E-state index contributed by atoms with van der Waals surface area (Å²) < 4.78 is 69.7. The minimum atomic E-state index is -4.66. The Labute approximate surface area is 193 Å². The fraction of sp³-hybridized carbons (Fsp3) is 0.318. The van der Waals surface area contributed by atoms with Crippen molar-refractivity contribution in [1.29, 1.82) is 0 Å². The van der Waals surface area contributed by atoms with Crippen LogP contribution in [0, 0.1) is 6.92 Å². The van der Waals surface area contributed by atoms with E-state index in [-0.39, 0.29) is 29.3 Å². The van der Waals surface area contributed by atoms with Gasteiger partial charge in [-0.2, -0.15) is 18.3 Å². The number of pyridine rings is 1. The second-order valence-corrected chi connectivity index (χ2v) is 10.1. The summed E-state index contributed by atoms with van der Waals surface area (Å²) in [5.74, 6) is -0.390. The number of aromatic nitrogens is 3. The Balaban J connectivity index is 1.62. The van der Waals surface area contributed by atoms with E-state index in [0.717, 1.165) is 42.5 Å². The summed E-state index contributed by atoms with van der Waals surface area (Å²) >= 11 is 0. The van der Waals surface area contributed by atoms with Crippen molar-refractivity contribution in [3.05, 3.63) is 65.1 Å². The number of benzene rings is 1. The number of alkyl halides is 3. The van der Waals surface area contributed by atoms with Crippen molar-refractivity contribution in [1.82, 2.24) is 19.7 Å². The van der Waals surface area contributed by atoms with Gasteiger partial charge in [-0.05, 0) is 49.7 Å². The highest BCUT2D eigenvalue weighted by atomic mass is 32.2.